The molecule has 0 radical (unpaired) electrons. The van der Waals surface area contributed by atoms with Gasteiger partial charge in [0.25, 0.3) is 0 Å². The zero-order valence-electron chi connectivity index (χ0n) is 12.5. The van der Waals surface area contributed by atoms with Gasteiger partial charge in [0, 0.05) is 0 Å². The number of ether oxygens (including phenoxy) is 1. The van der Waals surface area contributed by atoms with Crippen LogP contribution in [0.3, 0.4) is 0 Å². The molecule has 118 valence electrons. The van der Waals surface area contributed by atoms with E-state index in [1.807, 2.05) is 11.5 Å². The topological polar surface area (TPSA) is 93.3 Å². The van der Waals surface area contributed by atoms with Gasteiger partial charge in [0.05, 0.1) is 36.4 Å². The maximum absolute atomic E-state index is 10.3. The lowest BCUT2D eigenvalue weighted by Gasteiger charge is -2.53. The first kappa shape index (κ1) is 14.0. The summed E-state index contributed by atoms with van der Waals surface area (Å²) in [4.78, 5) is 13.0. The first-order valence-corrected chi connectivity index (χ1v) is 7.75. The van der Waals surface area contributed by atoms with Crippen LogP contribution in [0.15, 0.2) is 12.7 Å². The molecular formula is C15H20N4O3. The van der Waals surface area contributed by atoms with Gasteiger partial charge in [-0.2, -0.15) is 0 Å². The maximum atomic E-state index is 10.3. The van der Waals surface area contributed by atoms with Crippen molar-refractivity contribution >= 4 is 11.2 Å². The second-order valence-corrected chi connectivity index (χ2v) is 6.36. The van der Waals surface area contributed by atoms with Crippen LogP contribution in [0.5, 0.6) is 0 Å². The number of imidazole rings is 1. The SMILES string of the molecule is Cc1ncnc2c1ncn2C1CC(O)C(CO)OC12CCC2. The summed E-state index contributed by atoms with van der Waals surface area (Å²) in [7, 11) is 0. The lowest BCUT2D eigenvalue weighted by molar-refractivity contribution is -0.237. The molecule has 2 aromatic rings. The van der Waals surface area contributed by atoms with Gasteiger partial charge in [-0.3, -0.25) is 0 Å². The Bertz CT molecular complexity index is 697. The van der Waals surface area contributed by atoms with E-state index in [0.717, 1.165) is 36.1 Å². The quantitative estimate of drug-likeness (QED) is 0.850. The van der Waals surface area contributed by atoms with E-state index in [1.165, 1.54) is 0 Å². The van der Waals surface area contributed by atoms with Crippen LogP contribution in [-0.2, 0) is 4.74 Å². The third kappa shape index (κ3) is 1.89. The molecule has 1 spiro atoms. The van der Waals surface area contributed by atoms with Crippen molar-refractivity contribution in [3.63, 3.8) is 0 Å². The largest absolute Gasteiger partial charge is 0.394 e. The summed E-state index contributed by atoms with van der Waals surface area (Å²) in [6.07, 6.45) is 5.65. The minimum absolute atomic E-state index is 0.0154. The molecule has 2 aliphatic rings. The van der Waals surface area contributed by atoms with Crippen LogP contribution in [0.2, 0.25) is 0 Å². The Labute approximate surface area is 128 Å². The molecule has 2 fully saturated rings. The fraction of sp³-hybridized carbons (Fsp3) is 0.667. The number of aliphatic hydroxyl groups is 2. The number of fused-ring (bicyclic) bond motifs is 1. The van der Waals surface area contributed by atoms with Crippen molar-refractivity contribution in [2.45, 2.75) is 56.5 Å². The van der Waals surface area contributed by atoms with E-state index >= 15 is 0 Å². The highest BCUT2D eigenvalue weighted by molar-refractivity contribution is 5.72. The highest BCUT2D eigenvalue weighted by Gasteiger charge is 2.53. The second kappa shape index (κ2) is 4.97. The third-order valence-electron chi connectivity index (χ3n) is 5.14. The molecule has 0 bridgehead atoms. The van der Waals surface area contributed by atoms with Gasteiger partial charge < -0.3 is 19.5 Å². The first-order valence-electron chi connectivity index (χ1n) is 7.75. The van der Waals surface area contributed by atoms with E-state index in [0.29, 0.717) is 6.42 Å². The number of aromatic nitrogens is 4. The molecule has 2 N–H and O–H groups in total. The molecule has 3 atom stereocenters. The Kier molecular flexibility index (Phi) is 3.18. The lowest BCUT2D eigenvalue weighted by Crippen LogP contribution is -2.58. The molecular weight excluding hydrogens is 284 g/mol. The molecule has 7 heteroatoms. The molecule has 1 aliphatic carbocycles. The van der Waals surface area contributed by atoms with Crippen molar-refractivity contribution < 1.29 is 14.9 Å². The zero-order chi connectivity index (χ0) is 15.3. The second-order valence-electron chi connectivity index (χ2n) is 6.36. The summed E-state index contributed by atoms with van der Waals surface area (Å²) in [6.45, 7) is 1.76. The minimum atomic E-state index is -0.679. The van der Waals surface area contributed by atoms with Crippen LogP contribution < -0.4 is 0 Å². The Morgan fingerprint density at radius 1 is 1.36 bits per heavy atom. The van der Waals surface area contributed by atoms with E-state index in [2.05, 4.69) is 15.0 Å². The molecule has 1 saturated carbocycles. The summed E-state index contributed by atoms with van der Waals surface area (Å²) in [5.41, 5.74) is 2.09. The predicted octanol–water partition coefficient (Wildman–Crippen LogP) is 0.741. The average Bonchev–Trinajstić information content (AvgIpc) is 2.90. The van der Waals surface area contributed by atoms with Crippen LogP contribution in [0.25, 0.3) is 11.2 Å². The van der Waals surface area contributed by atoms with E-state index in [9.17, 15) is 10.2 Å². The molecule has 7 nitrogen and oxygen atoms in total. The smallest absolute Gasteiger partial charge is 0.163 e. The van der Waals surface area contributed by atoms with Crippen molar-refractivity contribution in [1.82, 2.24) is 19.5 Å². The fourth-order valence-corrected chi connectivity index (χ4v) is 3.75. The Morgan fingerprint density at radius 2 is 2.18 bits per heavy atom. The number of hydrogen-bond donors (Lipinski definition) is 2. The van der Waals surface area contributed by atoms with Gasteiger partial charge in [0.15, 0.2) is 5.65 Å². The maximum Gasteiger partial charge on any atom is 0.163 e. The fourth-order valence-electron chi connectivity index (χ4n) is 3.75. The monoisotopic (exact) mass is 304 g/mol. The minimum Gasteiger partial charge on any atom is -0.394 e. The summed E-state index contributed by atoms with van der Waals surface area (Å²) in [6, 6.07) is -0.0154. The van der Waals surface area contributed by atoms with Gasteiger partial charge >= 0.3 is 0 Å². The normalized spacial score (nSPS) is 30.6. The van der Waals surface area contributed by atoms with Crippen LogP contribution in [-0.4, -0.2) is 54.1 Å². The van der Waals surface area contributed by atoms with Gasteiger partial charge in [-0.05, 0) is 32.6 Å². The third-order valence-corrected chi connectivity index (χ3v) is 5.14. The van der Waals surface area contributed by atoms with Gasteiger partial charge in [-0.25, -0.2) is 15.0 Å². The van der Waals surface area contributed by atoms with Crippen LogP contribution in [0.1, 0.15) is 37.4 Å². The van der Waals surface area contributed by atoms with Crippen LogP contribution in [0, 0.1) is 6.92 Å². The van der Waals surface area contributed by atoms with Crippen molar-refractivity contribution in [3.8, 4) is 0 Å². The number of nitrogens with zero attached hydrogens (tertiary/aromatic N) is 4. The average molecular weight is 304 g/mol. The number of hydrogen-bond acceptors (Lipinski definition) is 6. The Hall–Kier alpha value is -1.57. The van der Waals surface area contributed by atoms with Crippen molar-refractivity contribution in [2.24, 2.45) is 0 Å². The van der Waals surface area contributed by atoms with Gasteiger partial charge in [-0.1, -0.05) is 0 Å². The van der Waals surface area contributed by atoms with E-state index < -0.39 is 12.2 Å². The van der Waals surface area contributed by atoms with Gasteiger partial charge in [0.1, 0.15) is 17.9 Å². The van der Waals surface area contributed by atoms with Crippen LogP contribution >= 0.6 is 0 Å². The van der Waals surface area contributed by atoms with Crippen LogP contribution in [0.4, 0.5) is 0 Å². The first-order chi connectivity index (χ1) is 10.6. The number of aryl methyl sites for hydroxylation is 1. The predicted molar refractivity (Wildman–Crippen MR) is 78.3 cm³/mol. The molecule has 0 amide bonds. The molecule has 22 heavy (non-hydrogen) atoms. The number of rotatable bonds is 2. The van der Waals surface area contributed by atoms with Gasteiger partial charge in [-0.15, -0.1) is 0 Å². The van der Waals surface area contributed by atoms with E-state index in [1.54, 1.807) is 12.7 Å². The zero-order valence-corrected chi connectivity index (χ0v) is 12.5. The van der Waals surface area contributed by atoms with Crippen molar-refractivity contribution in [1.29, 1.82) is 0 Å². The molecule has 0 aromatic carbocycles. The molecule has 3 heterocycles. The van der Waals surface area contributed by atoms with E-state index in [-0.39, 0.29) is 18.2 Å². The Balaban J connectivity index is 1.78. The highest BCUT2D eigenvalue weighted by Crippen LogP contribution is 2.50. The summed E-state index contributed by atoms with van der Waals surface area (Å²) in [5, 5.41) is 19.7. The van der Waals surface area contributed by atoms with Crippen molar-refractivity contribution in [3.05, 3.63) is 18.3 Å². The molecule has 3 unspecified atom stereocenters. The molecule has 1 saturated heterocycles. The van der Waals surface area contributed by atoms with Crippen molar-refractivity contribution in [2.75, 3.05) is 6.61 Å². The van der Waals surface area contributed by atoms with E-state index in [4.69, 9.17) is 4.74 Å². The molecule has 2 aromatic heterocycles. The molecule has 1 aliphatic heterocycles. The summed E-state index contributed by atoms with van der Waals surface area (Å²) in [5.74, 6) is 0. The standard InChI is InChI=1S/C15H20N4O3/c1-9-13-14(17-7-16-9)19(8-18-13)12-5-10(21)11(6-20)22-15(12)3-2-4-15/h7-8,10-12,20-21H,2-6H2,1H3. The highest BCUT2D eigenvalue weighted by atomic mass is 16.5. The number of aliphatic hydroxyl groups excluding tert-OH is 2. The summed E-state index contributed by atoms with van der Waals surface area (Å²) < 4.78 is 8.11. The lowest BCUT2D eigenvalue weighted by atomic mass is 9.70. The Morgan fingerprint density at radius 3 is 2.86 bits per heavy atom. The molecule has 4 rings (SSSR count). The van der Waals surface area contributed by atoms with Gasteiger partial charge in [0.2, 0.25) is 0 Å². The summed E-state index contributed by atoms with van der Waals surface area (Å²) >= 11 is 0.